The van der Waals surface area contributed by atoms with E-state index in [1.165, 1.54) is 4.88 Å². The van der Waals surface area contributed by atoms with E-state index in [1.54, 1.807) is 11.3 Å². The maximum Gasteiger partial charge on any atom is 0.0718 e. The van der Waals surface area contributed by atoms with Crippen molar-refractivity contribution in [3.05, 3.63) is 20.8 Å². The first-order valence-corrected chi connectivity index (χ1v) is 8.64. The molecule has 2 rings (SSSR count). The van der Waals surface area contributed by atoms with E-state index in [0.29, 0.717) is 12.6 Å². The summed E-state index contributed by atoms with van der Waals surface area (Å²) in [6.07, 6.45) is 0. The molecule has 0 spiro atoms. The molecule has 6 heteroatoms. The van der Waals surface area contributed by atoms with Gasteiger partial charge in [0.05, 0.1) is 15.4 Å². The molecule has 1 aliphatic heterocycles. The van der Waals surface area contributed by atoms with E-state index in [-0.39, 0.29) is 0 Å². The molecule has 0 aliphatic carbocycles. The van der Waals surface area contributed by atoms with Crippen LogP contribution in [0.5, 0.6) is 0 Å². The van der Waals surface area contributed by atoms with E-state index in [2.05, 4.69) is 37.9 Å². The molecule has 1 unspecified atom stereocenters. The summed E-state index contributed by atoms with van der Waals surface area (Å²) in [6, 6.07) is 4.57. The van der Waals surface area contributed by atoms with E-state index in [9.17, 15) is 5.11 Å². The Morgan fingerprint density at radius 3 is 2.45 bits per heavy atom. The van der Waals surface area contributed by atoms with Crippen molar-refractivity contribution in [2.45, 2.75) is 25.5 Å². The highest BCUT2D eigenvalue weighted by molar-refractivity contribution is 9.11. The van der Waals surface area contributed by atoms with E-state index in [0.717, 1.165) is 36.5 Å². The summed E-state index contributed by atoms with van der Waals surface area (Å²) in [5.74, 6) is 0. The first-order valence-electron chi connectivity index (χ1n) is 7.03. The van der Waals surface area contributed by atoms with Crippen LogP contribution in [0.4, 0.5) is 0 Å². The van der Waals surface area contributed by atoms with Crippen LogP contribution in [-0.2, 0) is 0 Å². The van der Waals surface area contributed by atoms with Crippen LogP contribution in [0, 0.1) is 0 Å². The number of halogens is 1. The molecule has 1 atom stereocenters. The van der Waals surface area contributed by atoms with Crippen LogP contribution in [0.1, 0.15) is 24.8 Å². The van der Waals surface area contributed by atoms with Gasteiger partial charge in [0.2, 0.25) is 0 Å². The van der Waals surface area contributed by atoms with Crippen LogP contribution in [0.25, 0.3) is 0 Å². The average Bonchev–Trinajstić information content (AvgIpc) is 2.77. The average molecular weight is 362 g/mol. The van der Waals surface area contributed by atoms with E-state index in [1.807, 2.05) is 13.8 Å². The number of aliphatic hydroxyl groups is 1. The van der Waals surface area contributed by atoms with Crippen molar-refractivity contribution in [1.82, 2.24) is 9.80 Å². The van der Waals surface area contributed by atoms with Gasteiger partial charge in [0.25, 0.3) is 0 Å². The molecule has 1 aromatic rings. The third-order valence-corrected chi connectivity index (χ3v) is 5.33. The van der Waals surface area contributed by atoms with Gasteiger partial charge in [-0.15, -0.1) is 11.3 Å². The van der Waals surface area contributed by atoms with Crippen LogP contribution in [0.15, 0.2) is 15.9 Å². The summed E-state index contributed by atoms with van der Waals surface area (Å²) in [5.41, 5.74) is 5.36. The number of piperazine rings is 1. The van der Waals surface area contributed by atoms with Crippen LogP contribution in [0.2, 0.25) is 0 Å². The lowest BCUT2D eigenvalue weighted by atomic mass is 10.1. The number of hydrogen-bond donors (Lipinski definition) is 2. The minimum absolute atomic E-state index is 0.315. The molecule has 0 aromatic carbocycles. The minimum atomic E-state index is -0.617. The fourth-order valence-corrected chi connectivity index (χ4v) is 4.30. The molecular weight excluding hydrogens is 338 g/mol. The van der Waals surface area contributed by atoms with Crippen LogP contribution in [0.3, 0.4) is 0 Å². The largest absolute Gasteiger partial charge is 0.389 e. The Morgan fingerprint density at radius 1 is 1.35 bits per heavy atom. The molecule has 0 radical (unpaired) electrons. The van der Waals surface area contributed by atoms with Crippen molar-refractivity contribution in [2.24, 2.45) is 5.73 Å². The molecule has 4 nitrogen and oxygen atoms in total. The highest BCUT2D eigenvalue weighted by Crippen LogP contribution is 2.30. The third kappa shape index (κ3) is 4.51. The van der Waals surface area contributed by atoms with Crippen molar-refractivity contribution in [3.63, 3.8) is 0 Å². The molecule has 0 bridgehead atoms. The molecule has 20 heavy (non-hydrogen) atoms. The predicted octanol–water partition coefficient (Wildman–Crippen LogP) is 1.90. The van der Waals surface area contributed by atoms with Crippen molar-refractivity contribution >= 4 is 27.3 Å². The molecule has 1 fully saturated rings. The summed E-state index contributed by atoms with van der Waals surface area (Å²) >= 11 is 5.29. The quantitative estimate of drug-likeness (QED) is 0.840. The van der Waals surface area contributed by atoms with Gasteiger partial charge in [-0.3, -0.25) is 9.80 Å². The Balaban J connectivity index is 1.92. The zero-order chi connectivity index (χ0) is 14.8. The van der Waals surface area contributed by atoms with Crippen LogP contribution >= 0.6 is 27.3 Å². The highest BCUT2D eigenvalue weighted by Gasteiger charge is 2.27. The van der Waals surface area contributed by atoms with Gasteiger partial charge in [0.1, 0.15) is 0 Å². The fourth-order valence-electron chi connectivity index (χ4n) is 2.73. The Labute approximate surface area is 133 Å². The number of β-amino-alcohol motifs (C(OH)–C–C–N with tert-alkyl or cyclic N) is 1. The van der Waals surface area contributed by atoms with Crippen LogP contribution in [-0.4, -0.2) is 59.8 Å². The zero-order valence-electron chi connectivity index (χ0n) is 12.2. The Morgan fingerprint density at radius 2 is 2.00 bits per heavy atom. The molecule has 1 saturated heterocycles. The summed E-state index contributed by atoms with van der Waals surface area (Å²) in [7, 11) is 0. The first kappa shape index (κ1) is 16.4. The highest BCUT2D eigenvalue weighted by atomic mass is 79.9. The van der Waals surface area contributed by atoms with E-state index < -0.39 is 5.60 Å². The monoisotopic (exact) mass is 361 g/mol. The fraction of sp³-hybridized carbons (Fsp3) is 0.714. The molecule has 0 saturated carbocycles. The summed E-state index contributed by atoms with van der Waals surface area (Å²) in [5, 5.41) is 9.89. The smallest absolute Gasteiger partial charge is 0.0718 e. The maximum atomic E-state index is 9.89. The van der Waals surface area contributed by atoms with Gasteiger partial charge in [-0.2, -0.15) is 0 Å². The van der Waals surface area contributed by atoms with Gasteiger partial charge in [-0.25, -0.2) is 0 Å². The lowest BCUT2D eigenvalue weighted by Gasteiger charge is -2.40. The van der Waals surface area contributed by atoms with Crippen molar-refractivity contribution in [3.8, 4) is 0 Å². The standard InChI is InChI=1S/C14H24BrN3OS/c1-14(2,19)10-17-5-7-18(8-6-17)11(9-16)12-3-4-13(15)20-12/h3-4,11,19H,5-10,16H2,1-2H3. The Kier molecular flexibility index (Phi) is 5.62. The van der Waals surface area contributed by atoms with Crippen LogP contribution < -0.4 is 5.73 Å². The summed E-state index contributed by atoms with van der Waals surface area (Å²) < 4.78 is 1.16. The molecule has 3 N–H and O–H groups in total. The van der Waals surface area contributed by atoms with Gasteiger partial charge in [-0.1, -0.05) is 0 Å². The molecule has 1 aromatic heterocycles. The maximum absolute atomic E-state index is 9.89. The van der Waals surface area contributed by atoms with Crippen molar-refractivity contribution in [2.75, 3.05) is 39.3 Å². The second-order valence-electron chi connectivity index (χ2n) is 6.02. The number of nitrogens with two attached hydrogens (primary N) is 1. The lowest BCUT2D eigenvalue weighted by molar-refractivity contribution is 0.0115. The molecule has 2 heterocycles. The predicted molar refractivity (Wildman–Crippen MR) is 88.1 cm³/mol. The molecular formula is C14H24BrN3OS. The van der Waals surface area contributed by atoms with Gasteiger partial charge >= 0.3 is 0 Å². The second-order valence-corrected chi connectivity index (χ2v) is 8.51. The Bertz CT molecular complexity index is 424. The summed E-state index contributed by atoms with van der Waals surface area (Å²) in [6.45, 7) is 9.12. The van der Waals surface area contributed by atoms with Crippen molar-refractivity contribution in [1.29, 1.82) is 0 Å². The number of hydrogen-bond acceptors (Lipinski definition) is 5. The number of nitrogens with zero attached hydrogens (tertiary/aromatic N) is 2. The van der Waals surface area contributed by atoms with Gasteiger partial charge < -0.3 is 10.8 Å². The minimum Gasteiger partial charge on any atom is -0.389 e. The first-order chi connectivity index (χ1) is 9.39. The van der Waals surface area contributed by atoms with E-state index >= 15 is 0 Å². The second kappa shape index (κ2) is 6.85. The zero-order valence-corrected chi connectivity index (χ0v) is 14.6. The third-order valence-electron chi connectivity index (χ3n) is 3.60. The molecule has 0 amide bonds. The van der Waals surface area contributed by atoms with Gasteiger partial charge in [0, 0.05) is 44.1 Å². The SMILES string of the molecule is CC(C)(O)CN1CCN(C(CN)c2ccc(Br)s2)CC1. The summed E-state index contributed by atoms with van der Waals surface area (Å²) in [4.78, 5) is 6.11. The Hall–Kier alpha value is 0.0200. The number of rotatable bonds is 5. The topological polar surface area (TPSA) is 52.7 Å². The van der Waals surface area contributed by atoms with Crippen molar-refractivity contribution < 1.29 is 5.11 Å². The van der Waals surface area contributed by atoms with E-state index in [4.69, 9.17) is 5.73 Å². The van der Waals surface area contributed by atoms with Gasteiger partial charge in [0.15, 0.2) is 0 Å². The lowest BCUT2D eigenvalue weighted by Crippen LogP contribution is -2.52. The molecule has 1 aliphatic rings. The van der Waals surface area contributed by atoms with Gasteiger partial charge in [-0.05, 0) is 41.9 Å². The normalized spacial score (nSPS) is 20.2. The number of thiophene rings is 1. The molecule has 114 valence electrons.